The number of rotatable bonds is 1. The summed E-state index contributed by atoms with van der Waals surface area (Å²) in [5, 5.41) is 0.439. The van der Waals surface area contributed by atoms with Crippen LogP contribution in [-0.4, -0.2) is 36.4 Å². The largest absolute Gasteiger partial charge is 0.449 e. The van der Waals surface area contributed by atoms with Gasteiger partial charge in [0.15, 0.2) is 5.82 Å². The van der Waals surface area contributed by atoms with E-state index in [1.807, 2.05) is 0 Å². The standard InChI is InChI=1S/C17H15ClF3N5O/c1-8-6-26-12(9(2)22-16(26)17(19,20)21)7-25(8)15(27)14-23-11-5-3-4-10(18)13(11)24-14/h3-5,8H,6-7H2,1-2H3,(H,23,24)/t8-/m1/s1. The highest BCUT2D eigenvalue weighted by molar-refractivity contribution is 6.35. The Morgan fingerprint density at radius 2 is 2.07 bits per heavy atom. The van der Waals surface area contributed by atoms with Gasteiger partial charge in [-0.15, -0.1) is 0 Å². The number of nitrogens with zero attached hydrogens (tertiary/aromatic N) is 4. The summed E-state index contributed by atoms with van der Waals surface area (Å²) in [6, 6.07) is 4.68. The van der Waals surface area contributed by atoms with Gasteiger partial charge in [0.05, 0.1) is 34.0 Å². The number of aromatic amines is 1. The Morgan fingerprint density at radius 3 is 2.74 bits per heavy atom. The Labute approximate surface area is 157 Å². The zero-order chi connectivity index (χ0) is 19.5. The lowest BCUT2D eigenvalue weighted by molar-refractivity contribution is -0.148. The van der Waals surface area contributed by atoms with Crippen molar-refractivity contribution in [2.75, 3.05) is 0 Å². The molecule has 3 heterocycles. The molecule has 0 radical (unpaired) electrons. The molecule has 0 unspecified atom stereocenters. The van der Waals surface area contributed by atoms with Gasteiger partial charge >= 0.3 is 6.18 Å². The molecule has 27 heavy (non-hydrogen) atoms. The molecule has 6 nitrogen and oxygen atoms in total. The van der Waals surface area contributed by atoms with Gasteiger partial charge in [0.1, 0.15) is 0 Å². The highest BCUT2D eigenvalue weighted by atomic mass is 35.5. The first kappa shape index (κ1) is 17.8. The van der Waals surface area contributed by atoms with E-state index in [9.17, 15) is 18.0 Å². The lowest BCUT2D eigenvalue weighted by Crippen LogP contribution is -2.45. The third-order valence-corrected chi connectivity index (χ3v) is 5.07. The summed E-state index contributed by atoms with van der Waals surface area (Å²) in [5.74, 6) is -1.22. The van der Waals surface area contributed by atoms with Crippen molar-refractivity contribution in [3.05, 3.63) is 46.3 Å². The van der Waals surface area contributed by atoms with E-state index in [1.54, 1.807) is 25.1 Å². The molecule has 4 rings (SSSR count). The molecule has 0 saturated heterocycles. The van der Waals surface area contributed by atoms with Crippen LogP contribution in [-0.2, 0) is 19.3 Å². The molecular formula is C17H15ClF3N5O. The molecule has 2 aromatic heterocycles. The predicted octanol–water partition coefficient (Wildman–Crippen LogP) is 3.78. The molecular weight excluding hydrogens is 383 g/mol. The van der Waals surface area contributed by atoms with Gasteiger partial charge in [-0.2, -0.15) is 13.2 Å². The van der Waals surface area contributed by atoms with Crippen LogP contribution in [0.1, 0.15) is 34.8 Å². The Kier molecular flexibility index (Phi) is 3.95. The second kappa shape index (κ2) is 5.98. The van der Waals surface area contributed by atoms with Crippen LogP contribution >= 0.6 is 11.6 Å². The van der Waals surface area contributed by atoms with Gasteiger partial charge < -0.3 is 14.5 Å². The number of amides is 1. The number of aromatic nitrogens is 4. The van der Waals surface area contributed by atoms with Gasteiger partial charge in [-0.3, -0.25) is 4.79 Å². The van der Waals surface area contributed by atoms with Gasteiger partial charge in [-0.25, -0.2) is 9.97 Å². The topological polar surface area (TPSA) is 66.8 Å². The minimum Gasteiger partial charge on any atom is -0.333 e. The number of hydrogen-bond acceptors (Lipinski definition) is 3. The number of hydrogen-bond donors (Lipinski definition) is 1. The monoisotopic (exact) mass is 397 g/mol. The number of carbonyl (C=O) groups excluding carboxylic acids is 1. The van der Waals surface area contributed by atoms with Gasteiger partial charge in [0.2, 0.25) is 5.82 Å². The quantitative estimate of drug-likeness (QED) is 0.679. The number of nitrogens with one attached hydrogen (secondary N) is 1. The molecule has 3 aromatic rings. The lowest BCUT2D eigenvalue weighted by atomic mass is 10.1. The van der Waals surface area contributed by atoms with Gasteiger partial charge in [-0.05, 0) is 26.0 Å². The Hall–Kier alpha value is -2.55. The second-order valence-corrected chi connectivity index (χ2v) is 6.98. The van der Waals surface area contributed by atoms with Crippen LogP contribution in [0.2, 0.25) is 5.02 Å². The fourth-order valence-electron chi connectivity index (χ4n) is 3.41. The first-order valence-corrected chi connectivity index (χ1v) is 8.63. The normalized spacial score (nSPS) is 17.4. The van der Waals surface area contributed by atoms with Crippen molar-refractivity contribution in [2.45, 2.75) is 39.2 Å². The molecule has 1 aliphatic heterocycles. The fourth-order valence-corrected chi connectivity index (χ4v) is 3.62. The number of benzene rings is 1. The van der Waals surface area contributed by atoms with Gasteiger partial charge in [-0.1, -0.05) is 17.7 Å². The second-order valence-electron chi connectivity index (χ2n) is 6.58. The summed E-state index contributed by atoms with van der Waals surface area (Å²) in [7, 11) is 0. The van der Waals surface area contributed by atoms with E-state index in [-0.39, 0.29) is 24.6 Å². The highest BCUT2D eigenvalue weighted by Gasteiger charge is 2.41. The minimum absolute atomic E-state index is 0.0116. The summed E-state index contributed by atoms with van der Waals surface area (Å²) in [5.41, 5.74) is 1.74. The maximum absolute atomic E-state index is 13.2. The number of fused-ring (bicyclic) bond motifs is 2. The summed E-state index contributed by atoms with van der Waals surface area (Å²) < 4.78 is 40.8. The number of para-hydroxylation sites is 1. The van der Waals surface area contributed by atoms with Crippen LogP contribution < -0.4 is 0 Å². The first-order chi connectivity index (χ1) is 12.7. The van der Waals surface area contributed by atoms with Crippen molar-refractivity contribution in [2.24, 2.45) is 0 Å². The molecule has 0 saturated carbocycles. The van der Waals surface area contributed by atoms with Crippen molar-refractivity contribution >= 4 is 28.5 Å². The molecule has 0 fully saturated rings. The fraction of sp³-hybridized carbons (Fsp3) is 0.353. The van der Waals surface area contributed by atoms with Crippen LogP contribution in [0.5, 0.6) is 0 Å². The predicted molar refractivity (Wildman–Crippen MR) is 92.4 cm³/mol. The first-order valence-electron chi connectivity index (χ1n) is 8.25. The third-order valence-electron chi connectivity index (χ3n) is 4.76. The van der Waals surface area contributed by atoms with Crippen molar-refractivity contribution in [1.29, 1.82) is 0 Å². The van der Waals surface area contributed by atoms with E-state index in [2.05, 4.69) is 15.0 Å². The van der Waals surface area contributed by atoms with Crippen LogP contribution in [0.4, 0.5) is 13.2 Å². The highest BCUT2D eigenvalue weighted by Crippen LogP contribution is 2.33. The van der Waals surface area contributed by atoms with Crippen molar-refractivity contribution in [3.63, 3.8) is 0 Å². The maximum atomic E-state index is 13.2. The third kappa shape index (κ3) is 2.86. The Morgan fingerprint density at radius 1 is 1.33 bits per heavy atom. The molecule has 10 heteroatoms. The van der Waals surface area contributed by atoms with E-state index in [0.29, 0.717) is 21.7 Å². The maximum Gasteiger partial charge on any atom is 0.449 e. The Bertz CT molecular complexity index is 1050. The molecule has 1 aliphatic rings. The summed E-state index contributed by atoms with van der Waals surface area (Å²) in [4.78, 5) is 25.3. The number of aryl methyl sites for hydroxylation is 1. The number of halogens is 4. The smallest absolute Gasteiger partial charge is 0.333 e. The van der Waals surface area contributed by atoms with Crippen LogP contribution in [0, 0.1) is 6.92 Å². The number of alkyl halides is 3. The van der Waals surface area contributed by atoms with E-state index >= 15 is 0 Å². The van der Waals surface area contributed by atoms with Gasteiger partial charge in [0.25, 0.3) is 5.91 Å². The molecule has 142 valence electrons. The summed E-state index contributed by atoms with van der Waals surface area (Å²) >= 11 is 6.11. The van der Waals surface area contributed by atoms with E-state index in [0.717, 1.165) is 4.57 Å². The van der Waals surface area contributed by atoms with Crippen LogP contribution in [0.3, 0.4) is 0 Å². The van der Waals surface area contributed by atoms with E-state index in [4.69, 9.17) is 11.6 Å². The van der Waals surface area contributed by atoms with Crippen LogP contribution in [0.25, 0.3) is 11.0 Å². The SMILES string of the molecule is Cc1nc(C(F)(F)F)n2c1CN(C(=O)c1nc3cccc(Cl)c3[nH]1)[C@H](C)C2. The molecule has 0 bridgehead atoms. The molecule has 1 amide bonds. The number of H-pyrrole nitrogens is 1. The molecule has 0 aliphatic carbocycles. The molecule has 1 N–H and O–H groups in total. The van der Waals surface area contributed by atoms with Gasteiger partial charge in [0, 0.05) is 12.6 Å². The number of imidazole rings is 2. The van der Waals surface area contributed by atoms with Crippen molar-refractivity contribution < 1.29 is 18.0 Å². The van der Waals surface area contributed by atoms with Crippen molar-refractivity contribution in [1.82, 2.24) is 24.4 Å². The average molecular weight is 398 g/mol. The van der Waals surface area contributed by atoms with Crippen molar-refractivity contribution in [3.8, 4) is 0 Å². The summed E-state index contributed by atoms with van der Waals surface area (Å²) in [6.07, 6.45) is -4.54. The molecule has 0 spiro atoms. The van der Waals surface area contributed by atoms with Crippen LogP contribution in [0.15, 0.2) is 18.2 Å². The zero-order valence-corrected chi connectivity index (χ0v) is 15.2. The number of carbonyl (C=O) groups is 1. The lowest BCUT2D eigenvalue weighted by Gasteiger charge is -2.34. The zero-order valence-electron chi connectivity index (χ0n) is 14.4. The average Bonchev–Trinajstić information content (AvgIpc) is 3.16. The molecule has 1 aromatic carbocycles. The summed E-state index contributed by atoms with van der Waals surface area (Å²) in [6.45, 7) is 3.25. The minimum atomic E-state index is -4.54. The Balaban J connectivity index is 1.70. The van der Waals surface area contributed by atoms with E-state index < -0.39 is 23.9 Å². The molecule has 1 atom stereocenters. The van der Waals surface area contributed by atoms with E-state index in [1.165, 1.54) is 11.8 Å².